The molecule has 35 heavy (non-hydrogen) atoms. The summed E-state index contributed by atoms with van der Waals surface area (Å²) in [4.78, 5) is 37.5. The van der Waals surface area contributed by atoms with Crippen LogP contribution >= 0.6 is 0 Å². The first-order valence-electron chi connectivity index (χ1n) is 11.5. The SMILES string of the molecule is COc1cc(N(C)CCCNC(=O)N[C@@H](Cc2cnc[nH]2)C(=O)O)c2nc(C(C)(C)C)ccc2c1. The average molecular weight is 483 g/mol. The van der Waals surface area contributed by atoms with E-state index in [1.54, 1.807) is 7.11 Å². The number of H-pyrrole nitrogens is 1. The van der Waals surface area contributed by atoms with E-state index in [9.17, 15) is 14.7 Å². The van der Waals surface area contributed by atoms with Crippen LogP contribution in [-0.2, 0) is 16.6 Å². The number of nitrogens with one attached hydrogen (secondary N) is 3. The number of aliphatic carboxylic acids is 1. The number of carbonyl (C=O) groups is 2. The van der Waals surface area contributed by atoms with E-state index in [-0.39, 0.29) is 11.8 Å². The normalized spacial score (nSPS) is 12.3. The zero-order valence-electron chi connectivity index (χ0n) is 20.9. The molecule has 1 atom stereocenters. The van der Waals surface area contributed by atoms with Crippen molar-refractivity contribution in [3.05, 3.63) is 48.2 Å². The fourth-order valence-corrected chi connectivity index (χ4v) is 3.68. The molecule has 0 fully saturated rings. The number of hydrogen-bond acceptors (Lipinski definition) is 6. The van der Waals surface area contributed by atoms with Gasteiger partial charge in [-0.3, -0.25) is 4.98 Å². The number of anilines is 1. The van der Waals surface area contributed by atoms with Crippen LogP contribution < -0.4 is 20.3 Å². The first kappa shape index (κ1) is 25.8. The molecule has 2 aromatic heterocycles. The highest BCUT2D eigenvalue weighted by Crippen LogP contribution is 2.32. The van der Waals surface area contributed by atoms with E-state index >= 15 is 0 Å². The largest absolute Gasteiger partial charge is 0.497 e. The molecule has 0 saturated heterocycles. The maximum absolute atomic E-state index is 12.2. The van der Waals surface area contributed by atoms with Crippen LogP contribution in [0.3, 0.4) is 0 Å². The van der Waals surface area contributed by atoms with Gasteiger partial charge in [-0.2, -0.15) is 0 Å². The number of carboxylic acids is 1. The predicted octanol–water partition coefficient (Wildman–Crippen LogP) is 3.09. The van der Waals surface area contributed by atoms with Crippen molar-refractivity contribution < 1.29 is 19.4 Å². The molecule has 0 radical (unpaired) electrons. The number of carboxylic acid groups (broad SMARTS) is 1. The Hall–Kier alpha value is -3.82. The number of fused-ring (bicyclic) bond motifs is 1. The van der Waals surface area contributed by atoms with E-state index in [4.69, 9.17) is 9.72 Å². The lowest BCUT2D eigenvalue weighted by molar-refractivity contribution is -0.139. The second-order valence-corrected chi connectivity index (χ2v) is 9.51. The van der Waals surface area contributed by atoms with Crippen molar-refractivity contribution in [1.82, 2.24) is 25.6 Å². The van der Waals surface area contributed by atoms with E-state index in [1.165, 1.54) is 12.5 Å². The number of nitrogens with zero attached hydrogens (tertiary/aromatic N) is 3. The molecule has 0 spiro atoms. The third-order valence-electron chi connectivity index (χ3n) is 5.70. The number of carbonyl (C=O) groups excluding carboxylic acids is 1. The summed E-state index contributed by atoms with van der Waals surface area (Å²) in [5.41, 5.74) is 3.40. The number of pyridine rings is 1. The molecule has 2 heterocycles. The highest BCUT2D eigenvalue weighted by atomic mass is 16.5. The number of ether oxygens (including phenoxy) is 1. The van der Waals surface area contributed by atoms with Crippen molar-refractivity contribution in [1.29, 1.82) is 0 Å². The highest BCUT2D eigenvalue weighted by Gasteiger charge is 2.21. The van der Waals surface area contributed by atoms with Crippen LogP contribution in [0.15, 0.2) is 36.8 Å². The summed E-state index contributed by atoms with van der Waals surface area (Å²) in [7, 11) is 3.62. The molecular weight excluding hydrogens is 448 g/mol. The smallest absolute Gasteiger partial charge is 0.326 e. The number of aromatic amines is 1. The van der Waals surface area contributed by atoms with Crippen LogP contribution in [0.5, 0.6) is 5.75 Å². The fraction of sp³-hybridized carbons (Fsp3) is 0.440. The quantitative estimate of drug-likeness (QED) is 0.326. The number of hydrogen-bond donors (Lipinski definition) is 4. The van der Waals surface area contributed by atoms with E-state index in [2.05, 4.69) is 52.3 Å². The molecule has 10 heteroatoms. The first-order valence-corrected chi connectivity index (χ1v) is 11.5. The second-order valence-electron chi connectivity index (χ2n) is 9.51. The molecule has 0 unspecified atom stereocenters. The van der Waals surface area contributed by atoms with Gasteiger partial charge in [-0.1, -0.05) is 26.8 Å². The molecule has 0 aliphatic carbocycles. The van der Waals surface area contributed by atoms with Crippen molar-refractivity contribution in [3.63, 3.8) is 0 Å². The minimum absolute atomic E-state index is 0.0769. The van der Waals surface area contributed by atoms with Crippen LogP contribution in [0.25, 0.3) is 10.9 Å². The molecule has 4 N–H and O–H groups in total. The molecule has 0 aliphatic heterocycles. The Morgan fingerprint density at radius 3 is 2.66 bits per heavy atom. The van der Waals surface area contributed by atoms with Crippen LogP contribution in [0.1, 0.15) is 38.6 Å². The van der Waals surface area contributed by atoms with Gasteiger partial charge in [0.25, 0.3) is 0 Å². The average Bonchev–Trinajstić information content (AvgIpc) is 3.32. The van der Waals surface area contributed by atoms with Crippen LogP contribution in [0, 0.1) is 0 Å². The zero-order valence-corrected chi connectivity index (χ0v) is 20.9. The van der Waals surface area contributed by atoms with E-state index < -0.39 is 18.0 Å². The monoisotopic (exact) mass is 482 g/mol. The van der Waals surface area contributed by atoms with Crippen molar-refractivity contribution in [2.45, 2.75) is 45.1 Å². The van der Waals surface area contributed by atoms with E-state index in [0.717, 1.165) is 28.0 Å². The summed E-state index contributed by atoms with van der Waals surface area (Å²) < 4.78 is 5.49. The standard InChI is InChI=1S/C25H34N6O4/c1-25(2,3)21-8-7-16-11-18(35-5)13-20(22(16)30-21)31(4)10-6-9-27-24(34)29-19(23(32)33)12-17-14-26-15-28-17/h7-8,11,13-15,19H,6,9-10,12H2,1-5H3,(H,26,28)(H,32,33)(H2,27,29,34)/t19-/m0/s1. The number of benzene rings is 1. The summed E-state index contributed by atoms with van der Waals surface area (Å²) >= 11 is 0. The molecule has 3 rings (SSSR count). The lowest BCUT2D eigenvalue weighted by Crippen LogP contribution is -2.47. The van der Waals surface area contributed by atoms with Crippen molar-refractivity contribution in [2.24, 2.45) is 0 Å². The molecule has 188 valence electrons. The number of amides is 2. The van der Waals surface area contributed by atoms with Gasteiger partial charge in [-0.15, -0.1) is 0 Å². The van der Waals surface area contributed by atoms with Gasteiger partial charge in [0.1, 0.15) is 11.8 Å². The lowest BCUT2D eigenvalue weighted by Gasteiger charge is -2.24. The maximum Gasteiger partial charge on any atom is 0.326 e. The van der Waals surface area contributed by atoms with Gasteiger partial charge in [-0.25, -0.2) is 14.6 Å². The Labute approximate surface area is 205 Å². The Morgan fingerprint density at radius 2 is 2.03 bits per heavy atom. The van der Waals surface area contributed by atoms with Gasteiger partial charge < -0.3 is 30.4 Å². The topological polar surface area (TPSA) is 132 Å². The molecule has 10 nitrogen and oxygen atoms in total. The number of urea groups is 1. The third kappa shape index (κ3) is 6.84. The Morgan fingerprint density at radius 1 is 1.26 bits per heavy atom. The maximum atomic E-state index is 12.2. The summed E-state index contributed by atoms with van der Waals surface area (Å²) in [6.45, 7) is 7.44. The summed E-state index contributed by atoms with van der Waals surface area (Å²) in [6.07, 6.45) is 3.78. The zero-order chi connectivity index (χ0) is 25.6. The van der Waals surface area contributed by atoms with Gasteiger partial charge >= 0.3 is 12.0 Å². The molecule has 2 amide bonds. The van der Waals surface area contributed by atoms with Gasteiger partial charge in [-0.05, 0) is 18.6 Å². The van der Waals surface area contributed by atoms with Crippen LogP contribution in [0.2, 0.25) is 0 Å². The van der Waals surface area contributed by atoms with E-state index in [0.29, 0.717) is 25.2 Å². The minimum atomic E-state index is -1.11. The molecule has 0 bridgehead atoms. The van der Waals surface area contributed by atoms with Crippen molar-refractivity contribution >= 4 is 28.6 Å². The number of methoxy groups -OCH3 is 1. The molecule has 0 saturated carbocycles. The summed E-state index contributed by atoms with van der Waals surface area (Å²) in [6, 6.07) is 6.48. The van der Waals surface area contributed by atoms with Crippen molar-refractivity contribution in [2.75, 3.05) is 32.1 Å². The summed E-state index contributed by atoms with van der Waals surface area (Å²) in [5, 5.41) is 15.6. The molecular formula is C25H34N6O4. The Kier molecular flexibility index (Phi) is 8.16. The Balaban J connectivity index is 1.60. The number of aromatic nitrogens is 3. The van der Waals surface area contributed by atoms with Crippen LogP contribution in [0.4, 0.5) is 10.5 Å². The predicted molar refractivity (Wildman–Crippen MR) is 135 cm³/mol. The van der Waals surface area contributed by atoms with Crippen molar-refractivity contribution in [3.8, 4) is 5.75 Å². The van der Waals surface area contributed by atoms with E-state index in [1.807, 2.05) is 25.2 Å². The van der Waals surface area contributed by atoms with Gasteiger partial charge in [0.05, 0.1) is 24.6 Å². The van der Waals surface area contributed by atoms with Gasteiger partial charge in [0.15, 0.2) is 0 Å². The fourth-order valence-electron chi connectivity index (χ4n) is 3.68. The molecule has 0 aliphatic rings. The minimum Gasteiger partial charge on any atom is -0.497 e. The molecule has 1 aromatic carbocycles. The Bertz CT molecular complexity index is 1160. The van der Waals surface area contributed by atoms with Gasteiger partial charge in [0.2, 0.25) is 0 Å². The number of rotatable bonds is 10. The second kappa shape index (κ2) is 11.1. The lowest BCUT2D eigenvalue weighted by atomic mass is 9.91. The summed E-state index contributed by atoms with van der Waals surface area (Å²) in [5.74, 6) is -0.361. The highest BCUT2D eigenvalue weighted by molar-refractivity contribution is 5.92. The van der Waals surface area contributed by atoms with Crippen LogP contribution in [-0.4, -0.2) is 65.3 Å². The molecule has 3 aromatic rings. The first-order chi connectivity index (χ1) is 16.6. The third-order valence-corrected chi connectivity index (χ3v) is 5.70. The number of imidazole rings is 1. The van der Waals surface area contributed by atoms with Gasteiger partial charge in [0, 0.05) is 61.0 Å².